The molecule has 0 saturated carbocycles. The van der Waals surface area contributed by atoms with Crippen LogP contribution in [-0.4, -0.2) is 18.6 Å². The van der Waals surface area contributed by atoms with E-state index in [-0.39, 0.29) is 30.1 Å². The van der Waals surface area contributed by atoms with Gasteiger partial charge in [0.05, 0.1) is 12.1 Å². The van der Waals surface area contributed by atoms with Gasteiger partial charge in [-0.1, -0.05) is 12.1 Å². The molecule has 0 fully saturated rings. The van der Waals surface area contributed by atoms with Crippen molar-refractivity contribution in [2.45, 2.75) is 32.5 Å². The molecule has 19 heavy (non-hydrogen) atoms. The quantitative estimate of drug-likeness (QED) is 0.875. The second kappa shape index (κ2) is 7.91. The fraction of sp³-hybridized carbons (Fsp3) is 0.417. The highest BCUT2D eigenvalue weighted by molar-refractivity contribution is 5.85. The molecule has 4 nitrogen and oxygen atoms in total. The molecule has 1 aromatic rings. The molecule has 1 unspecified atom stereocenters. The number of carbonyl (C=O) groups excluding carboxylic acids is 1. The number of alkyl halides is 2. The number of hydrogen-bond donors (Lipinski definition) is 2. The van der Waals surface area contributed by atoms with Gasteiger partial charge >= 0.3 is 6.61 Å². The van der Waals surface area contributed by atoms with Gasteiger partial charge in [-0.3, -0.25) is 4.79 Å². The van der Waals surface area contributed by atoms with Crippen LogP contribution < -0.4 is 15.8 Å². The molecule has 0 aliphatic carbocycles. The predicted octanol–water partition coefficient (Wildman–Crippen LogP) is 2.23. The van der Waals surface area contributed by atoms with Gasteiger partial charge in [0, 0.05) is 0 Å². The molecule has 0 aromatic heterocycles. The molecule has 0 spiro atoms. The molecule has 1 amide bonds. The van der Waals surface area contributed by atoms with Gasteiger partial charge in [-0.05, 0) is 31.5 Å². The maximum atomic E-state index is 12.1. The molecule has 0 heterocycles. The minimum Gasteiger partial charge on any atom is -0.435 e. The van der Waals surface area contributed by atoms with E-state index in [4.69, 9.17) is 5.73 Å². The molecule has 0 aliphatic heterocycles. The third-order valence-electron chi connectivity index (χ3n) is 2.36. The number of ether oxygens (including phenoxy) is 1. The summed E-state index contributed by atoms with van der Waals surface area (Å²) < 4.78 is 28.4. The van der Waals surface area contributed by atoms with E-state index in [1.165, 1.54) is 12.1 Å². The van der Waals surface area contributed by atoms with Crippen LogP contribution in [-0.2, 0) is 4.79 Å². The van der Waals surface area contributed by atoms with E-state index in [1.54, 1.807) is 26.0 Å². The normalized spacial score (nSPS) is 13.4. The Kier molecular flexibility index (Phi) is 7.33. The van der Waals surface area contributed by atoms with Crippen LogP contribution in [0.2, 0.25) is 0 Å². The summed E-state index contributed by atoms with van der Waals surface area (Å²) in [6.07, 6.45) is 0. The molecule has 7 heteroatoms. The Hall–Kier alpha value is -1.40. The maximum Gasteiger partial charge on any atom is 0.387 e. The summed E-state index contributed by atoms with van der Waals surface area (Å²) in [7, 11) is 0. The van der Waals surface area contributed by atoms with Crippen LogP contribution in [0.3, 0.4) is 0 Å². The Bertz CT molecular complexity index is 416. The first-order valence-corrected chi connectivity index (χ1v) is 5.51. The standard InChI is InChI=1S/C12H16F2N2O2.ClH/c1-7(15)11(17)16-8(2)9-4-3-5-10(6-9)18-12(13)14;/h3-8,12H,15H2,1-2H3,(H,16,17);1H/t7-,8?;/m0./s1. The van der Waals surface area contributed by atoms with Crippen LogP contribution in [0.4, 0.5) is 8.78 Å². The Morgan fingerprint density at radius 1 is 1.37 bits per heavy atom. The van der Waals surface area contributed by atoms with Crippen LogP contribution in [0.15, 0.2) is 24.3 Å². The van der Waals surface area contributed by atoms with Crippen LogP contribution in [0, 0.1) is 0 Å². The number of rotatable bonds is 5. The summed E-state index contributed by atoms with van der Waals surface area (Å²) in [4.78, 5) is 11.4. The lowest BCUT2D eigenvalue weighted by molar-refractivity contribution is -0.122. The van der Waals surface area contributed by atoms with Crippen molar-refractivity contribution in [3.05, 3.63) is 29.8 Å². The number of hydrogen-bond acceptors (Lipinski definition) is 3. The second-order valence-electron chi connectivity index (χ2n) is 3.97. The summed E-state index contributed by atoms with van der Waals surface area (Å²) in [5, 5.41) is 2.67. The topological polar surface area (TPSA) is 64.4 Å². The first kappa shape index (κ1) is 17.6. The summed E-state index contributed by atoms with van der Waals surface area (Å²) >= 11 is 0. The van der Waals surface area contributed by atoms with Crippen LogP contribution in [0.1, 0.15) is 25.5 Å². The van der Waals surface area contributed by atoms with Crippen molar-refractivity contribution >= 4 is 18.3 Å². The Morgan fingerprint density at radius 3 is 2.53 bits per heavy atom. The highest BCUT2D eigenvalue weighted by atomic mass is 35.5. The van der Waals surface area contributed by atoms with Gasteiger partial charge in [0.2, 0.25) is 5.91 Å². The maximum absolute atomic E-state index is 12.1. The lowest BCUT2D eigenvalue weighted by atomic mass is 10.1. The average Bonchev–Trinajstić information content (AvgIpc) is 2.28. The Labute approximate surface area is 116 Å². The van der Waals surface area contributed by atoms with Crippen molar-refractivity contribution in [2.75, 3.05) is 0 Å². The van der Waals surface area contributed by atoms with Gasteiger partial charge < -0.3 is 15.8 Å². The average molecular weight is 295 g/mol. The van der Waals surface area contributed by atoms with E-state index in [1.807, 2.05) is 0 Å². The molecular formula is C12H17ClF2N2O2. The highest BCUT2D eigenvalue weighted by Gasteiger charge is 2.13. The van der Waals surface area contributed by atoms with Crippen molar-refractivity contribution in [3.8, 4) is 5.75 Å². The van der Waals surface area contributed by atoms with E-state index in [9.17, 15) is 13.6 Å². The molecule has 0 aliphatic rings. The number of amides is 1. The molecule has 0 saturated heterocycles. The highest BCUT2D eigenvalue weighted by Crippen LogP contribution is 2.20. The van der Waals surface area contributed by atoms with Crippen LogP contribution in [0.5, 0.6) is 5.75 Å². The van der Waals surface area contributed by atoms with E-state index in [2.05, 4.69) is 10.1 Å². The van der Waals surface area contributed by atoms with Gasteiger partial charge in [-0.25, -0.2) is 0 Å². The second-order valence-corrected chi connectivity index (χ2v) is 3.97. The lowest BCUT2D eigenvalue weighted by Crippen LogP contribution is -2.39. The summed E-state index contributed by atoms with van der Waals surface area (Å²) in [5.74, 6) is -0.243. The molecular weight excluding hydrogens is 278 g/mol. The number of nitrogens with two attached hydrogens (primary N) is 1. The smallest absolute Gasteiger partial charge is 0.387 e. The third kappa shape index (κ3) is 5.85. The number of benzene rings is 1. The van der Waals surface area contributed by atoms with E-state index >= 15 is 0 Å². The number of carbonyl (C=O) groups is 1. The minimum atomic E-state index is -2.87. The van der Waals surface area contributed by atoms with Crippen molar-refractivity contribution in [1.82, 2.24) is 5.32 Å². The number of nitrogens with one attached hydrogen (secondary N) is 1. The Morgan fingerprint density at radius 2 is 2.00 bits per heavy atom. The summed E-state index contributed by atoms with van der Waals surface area (Å²) in [6, 6.07) is 5.23. The van der Waals surface area contributed by atoms with Crippen LogP contribution >= 0.6 is 12.4 Å². The van der Waals surface area contributed by atoms with E-state index in [0.717, 1.165) is 0 Å². The van der Waals surface area contributed by atoms with E-state index < -0.39 is 12.7 Å². The van der Waals surface area contributed by atoms with Gasteiger partial charge in [-0.2, -0.15) is 8.78 Å². The summed E-state index contributed by atoms with van der Waals surface area (Å²) in [5.41, 5.74) is 6.09. The molecule has 1 aromatic carbocycles. The minimum absolute atomic E-state index is 0. The molecule has 1 rings (SSSR count). The van der Waals surface area contributed by atoms with Gasteiger partial charge in [-0.15, -0.1) is 12.4 Å². The van der Waals surface area contributed by atoms with Crippen molar-refractivity contribution < 1.29 is 18.3 Å². The monoisotopic (exact) mass is 294 g/mol. The molecule has 108 valence electrons. The Balaban J connectivity index is 0.00000324. The van der Waals surface area contributed by atoms with Gasteiger partial charge in [0.1, 0.15) is 5.75 Å². The van der Waals surface area contributed by atoms with Crippen LogP contribution in [0.25, 0.3) is 0 Å². The first-order valence-electron chi connectivity index (χ1n) is 5.51. The SMILES string of the molecule is CC(NC(=O)[C@H](C)N)c1cccc(OC(F)F)c1.Cl. The fourth-order valence-electron chi connectivity index (χ4n) is 1.39. The van der Waals surface area contributed by atoms with Crippen molar-refractivity contribution in [1.29, 1.82) is 0 Å². The van der Waals surface area contributed by atoms with E-state index in [0.29, 0.717) is 5.56 Å². The van der Waals surface area contributed by atoms with Gasteiger partial charge in [0.25, 0.3) is 0 Å². The molecule has 0 radical (unpaired) electrons. The molecule has 0 bridgehead atoms. The zero-order valence-electron chi connectivity index (χ0n) is 10.6. The summed E-state index contributed by atoms with van der Waals surface area (Å²) in [6.45, 7) is 0.439. The lowest BCUT2D eigenvalue weighted by Gasteiger charge is -2.16. The molecule has 3 N–H and O–H groups in total. The predicted molar refractivity (Wildman–Crippen MR) is 70.5 cm³/mol. The number of halogens is 3. The largest absolute Gasteiger partial charge is 0.435 e. The van der Waals surface area contributed by atoms with Crippen molar-refractivity contribution in [3.63, 3.8) is 0 Å². The molecule has 2 atom stereocenters. The first-order chi connectivity index (χ1) is 8.40. The van der Waals surface area contributed by atoms with Gasteiger partial charge in [0.15, 0.2) is 0 Å². The van der Waals surface area contributed by atoms with Crippen molar-refractivity contribution in [2.24, 2.45) is 5.73 Å². The third-order valence-corrected chi connectivity index (χ3v) is 2.36. The zero-order chi connectivity index (χ0) is 13.7. The zero-order valence-corrected chi connectivity index (χ0v) is 11.4. The fourth-order valence-corrected chi connectivity index (χ4v) is 1.39.